The van der Waals surface area contributed by atoms with Crippen molar-refractivity contribution in [2.24, 2.45) is 0 Å². The summed E-state index contributed by atoms with van der Waals surface area (Å²) in [5.41, 5.74) is 2.61. The van der Waals surface area contributed by atoms with Gasteiger partial charge in [-0.3, -0.25) is 4.79 Å². The molecule has 2 heterocycles. The van der Waals surface area contributed by atoms with Crippen LogP contribution in [0, 0.1) is 0 Å². The van der Waals surface area contributed by atoms with Gasteiger partial charge in [0, 0.05) is 12.2 Å². The van der Waals surface area contributed by atoms with Crippen LogP contribution >= 0.6 is 0 Å². The number of nitrogens with zero attached hydrogens (tertiary/aromatic N) is 1. The zero-order valence-electron chi connectivity index (χ0n) is 14.0. The molecule has 8 nitrogen and oxygen atoms in total. The summed E-state index contributed by atoms with van der Waals surface area (Å²) >= 11 is 0. The molecule has 0 bridgehead atoms. The molecular weight excluding hydrogens is 328 g/mol. The van der Waals surface area contributed by atoms with Crippen molar-refractivity contribution in [1.29, 1.82) is 0 Å². The molecule has 0 spiro atoms. The number of rotatable bonds is 3. The minimum absolute atomic E-state index is 0.0423. The summed E-state index contributed by atoms with van der Waals surface area (Å²) in [7, 11) is 2.49. The van der Waals surface area contributed by atoms with Gasteiger partial charge in [0.05, 0.1) is 32.8 Å². The van der Waals surface area contributed by atoms with Gasteiger partial charge in [-0.2, -0.15) is 0 Å². The Hall–Kier alpha value is -2.87. The summed E-state index contributed by atoms with van der Waals surface area (Å²) in [5, 5.41) is 2.79. The number of nitrogens with one attached hydrogen (secondary N) is 1. The second-order valence-electron chi connectivity index (χ2n) is 5.58. The number of anilines is 1. The molecule has 0 aliphatic carbocycles. The molecule has 0 saturated heterocycles. The van der Waals surface area contributed by atoms with Gasteiger partial charge in [0.15, 0.2) is 0 Å². The first kappa shape index (κ1) is 17.0. The predicted octanol–water partition coefficient (Wildman–Crippen LogP) is 0.253. The number of fused-ring (bicyclic) bond motifs is 1. The first-order valence-electron chi connectivity index (χ1n) is 7.69. The van der Waals surface area contributed by atoms with Gasteiger partial charge < -0.3 is 24.4 Å². The maximum atomic E-state index is 12.3. The van der Waals surface area contributed by atoms with Crippen molar-refractivity contribution < 1.29 is 28.6 Å². The minimum atomic E-state index is -0.652. The molecule has 132 valence electrons. The number of methoxy groups -OCH3 is 2. The molecule has 3 rings (SSSR count). The van der Waals surface area contributed by atoms with E-state index in [1.165, 1.54) is 14.2 Å². The van der Waals surface area contributed by atoms with Crippen LogP contribution in [-0.4, -0.2) is 45.4 Å². The van der Waals surface area contributed by atoms with Crippen LogP contribution in [0.25, 0.3) is 0 Å². The molecule has 1 amide bonds. The van der Waals surface area contributed by atoms with Crippen LogP contribution in [0.5, 0.6) is 0 Å². The van der Waals surface area contributed by atoms with E-state index in [1.54, 1.807) is 11.0 Å². The lowest BCUT2D eigenvalue weighted by molar-refractivity contribution is -0.140. The van der Waals surface area contributed by atoms with Gasteiger partial charge in [-0.15, -0.1) is 0 Å². The van der Waals surface area contributed by atoms with E-state index < -0.39 is 11.9 Å². The quantitative estimate of drug-likeness (QED) is 0.784. The predicted molar refractivity (Wildman–Crippen MR) is 86.3 cm³/mol. The highest BCUT2D eigenvalue weighted by Crippen LogP contribution is 2.32. The molecule has 0 aromatic heterocycles. The van der Waals surface area contributed by atoms with Crippen molar-refractivity contribution in [2.75, 3.05) is 32.5 Å². The Labute approximate surface area is 144 Å². The molecule has 8 heteroatoms. The second-order valence-corrected chi connectivity index (χ2v) is 5.58. The SMILES string of the molecule is COC(=O)C1=C(C(=O)OC)N(c2cccc3c2CNC(=O)C3)COC1. The van der Waals surface area contributed by atoms with Crippen LogP contribution in [0.4, 0.5) is 5.69 Å². The van der Waals surface area contributed by atoms with Crippen molar-refractivity contribution >= 4 is 23.5 Å². The van der Waals surface area contributed by atoms with E-state index in [0.29, 0.717) is 12.2 Å². The first-order chi connectivity index (χ1) is 12.1. The number of carbonyl (C=O) groups excluding carboxylic acids is 3. The maximum Gasteiger partial charge on any atom is 0.355 e. The standard InChI is InChI=1S/C17H18N2O6/c1-23-16(21)12-8-25-9-19(15(12)17(22)24-2)13-5-3-4-10-6-14(20)18-7-11(10)13/h3-5H,6-9H2,1-2H3,(H,18,20). The number of carbonyl (C=O) groups is 3. The van der Waals surface area contributed by atoms with Gasteiger partial charge in [0.25, 0.3) is 0 Å². The van der Waals surface area contributed by atoms with E-state index in [4.69, 9.17) is 14.2 Å². The zero-order chi connectivity index (χ0) is 18.0. The van der Waals surface area contributed by atoms with Crippen molar-refractivity contribution in [3.8, 4) is 0 Å². The summed E-state index contributed by atoms with van der Waals surface area (Å²) in [6, 6.07) is 5.47. The lowest BCUT2D eigenvalue weighted by atomic mass is 9.97. The lowest BCUT2D eigenvalue weighted by Gasteiger charge is -2.34. The topological polar surface area (TPSA) is 94.2 Å². The molecule has 1 aromatic carbocycles. The van der Waals surface area contributed by atoms with Gasteiger partial charge in [0.2, 0.25) is 5.91 Å². The number of benzene rings is 1. The maximum absolute atomic E-state index is 12.3. The molecule has 1 aromatic rings. The van der Waals surface area contributed by atoms with Crippen LogP contribution in [0.3, 0.4) is 0 Å². The fraction of sp³-hybridized carbons (Fsp3) is 0.353. The second kappa shape index (κ2) is 6.94. The van der Waals surface area contributed by atoms with Crippen LogP contribution < -0.4 is 10.2 Å². The summed E-state index contributed by atoms with van der Waals surface area (Å²) in [5.74, 6) is -1.36. The fourth-order valence-electron chi connectivity index (χ4n) is 3.00. The monoisotopic (exact) mass is 346 g/mol. The van der Waals surface area contributed by atoms with Crippen molar-refractivity contribution in [3.05, 3.63) is 40.6 Å². The fourth-order valence-corrected chi connectivity index (χ4v) is 3.00. The van der Waals surface area contributed by atoms with Gasteiger partial charge >= 0.3 is 11.9 Å². The largest absolute Gasteiger partial charge is 0.466 e. The van der Waals surface area contributed by atoms with Crippen LogP contribution in [0.15, 0.2) is 29.5 Å². The average Bonchev–Trinajstić information content (AvgIpc) is 2.65. The molecule has 0 unspecified atom stereocenters. The van der Waals surface area contributed by atoms with E-state index in [-0.39, 0.29) is 36.9 Å². The van der Waals surface area contributed by atoms with Gasteiger partial charge in [-0.05, 0) is 17.2 Å². The van der Waals surface area contributed by atoms with E-state index in [1.807, 2.05) is 12.1 Å². The first-order valence-corrected chi connectivity index (χ1v) is 7.69. The van der Waals surface area contributed by atoms with Crippen molar-refractivity contribution in [3.63, 3.8) is 0 Å². The summed E-state index contributed by atoms with van der Waals surface area (Å²) in [6.07, 6.45) is 0.263. The molecule has 1 N–H and O–H groups in total. The Balaban J connectivity index is 2.12. The van der Waals surface area contributed by atoms with Crippen LogP contribution in [0.1, 0.15) is 11.1 Å². The number of amides is 1. The van der Waals surface area contributed by atoms with Gasteiger partial charge in [0.1, 0.15) is 12.4 Å². The summed E-state index contributed by atoms with van der Waals surface area (Å²) < 4.78 is 15.1. The van der Waals surface area contributed by atoms with E-state index >= 15 is 0 Å². The van der Waals surface area contributed by atoms with Crippen LogP contribution in [-0.2, 0) is 41.6 Å². The number of ether oxygens (including phenoxy) is 3. The number of hydrogen-bond acceptors (Lipinski definition) is 7. The average molecular weight is 346 g/mol. The van der Waals surface area contributed by atoms with E-state index in [0.717, 1.165) is 11.1 Å². The highest BCUT2D eigenvalue weighted by molar-refractivity contribution is 6.03. The normalized spacial score (nSPS) is 16.9. The number of hydrogen-bond donors (Lipinski definition) is 1. The molecule has 0 radical (unpaired) electrons. The van der Waals surface area contributed by atoms with Crippen LogP contribution in [0.2, 0.25) is 0 Å². The highest BCUT2D eigenvalue weighted by atomic mass is 16.5. The van der Waals surface area contributed by atoms with Crippen molar-refractivity contribution in [1.82, 2.24) is 5.32 Å². The third-order valence-corrected chi connectivity index (χ3v) is 4.19. The Morgan fingerprint density at radius 3 is 2.68 bits per heavy atom. The number of esters is 2. The Morgan fingerprint density at radius 1 is 1.20 bits per heavy atom. The smallest absolute Gasteiger partial charge is 0.355 e. The third-order valence-electron chi connectivity index (χ3n) is 4.19. The molecular formula is C17H18N2O6. The summed E-state index contributed by atoms with van der Waals surface area (Å²) in [4.78, 5) is 37.6. The molecule has 25 heavy (non-hydrogen) atoms. The summed E-state index contributed by atoms with van der Waals surface area (Å²) in [6.45, 7) is 0.373. The molecule has 0 atom stereocenters. The zero-order valence-corrected chi connectivity index (χ0v) is 14.0. The van der Waals surface area contributed by atoms with Gasteiger partial charge in [-0.25, -0.2) is 9.59 Å². The highest BCUT2D eigenvalue weighted by Gasteiger charge is 2.34. The van der Waals surface area contributed by atoms with E-state index in [9.17, 15) is 14.4 Å². The third kappa shape index (κ3) is 3.08. The lowest BCUT2D eigenvalue weighted by Crippen LogP contribution is -2.40. The molecule has 0 fully saturated rings. The molecule has 2 aliphatic rings. The minimum Gasteiger partial charge on any atom is -0.466 e. The Bertz CT molecular complexity index is 770. The van der Waals surface area contributed by atoms with E-state index in [2.05, 4.69) is 5.32 Å². The van der Waals surface area contributed by atoms with Crippen molar-refractivity contribution in [2.45, 2.75) is 13.0 Å². The van der Waals surface area contributed by atoms with Gasteiger partial charge in [-0.1, -0.05) is 12.1 Å². The molecule has 0 saturated carbocycles. The Morgan fingerprint density at radius 2 is 1.96 bits per heavy atom. The molecule has 2 aliphatic heterocycles. The Kier molecular flexibility index (Phi) is 4.71.